The fraction of sp³-hybridized carbons (Fsp3) is 0.368. The lowest BCUT2D eigenvalue weighted by molar-refractivity contribution is 0.425. The van der Waals surface area contributed by atoms with E-state index in [2.05, 4.69) is 29.8 Å². The van der Waals surface area contributed by atoms with Gasteiger partial charge >= 0.3 is 0 Å². The van der Waals surface area contributed by atoms with Gasteiger partial charge in [0.1, 0.15) is 5.76 Å². The SMILES string of the molecule is c1coc(Cn2c(SCc3noc(-c4ccsc4)n3)nnc2N2CCCCC2)c1. The van der Waals surface area contributed by atoms with E-state index in [1.54, 1.807) is 29.4 Å². The number of aromatic nitrogens is 5. The van der Waals surface area contributed by atoms with Gasteiger partial charge in [-0.25, -0.2) is 0 Å². The molecule has 0 spiro atoms. The maximum Gasteiger partial charge on any atom is 0.258 e. The van der Waals surface area contributed by atoms with Gasteiger partial charge in [-0.05, 0) is 42.8 Å². The molecule has 1 aliphatic rings. The predicted molar refractivity (Wildman–Crippen MR) is 111 cm³/mol. The largest absolute Gasteiger partial charge is 0.467 e. The second-order valence-corrected chi connectivity index (χ2v) is 8.53. The van der Waals surface area contributed by atoms with Crippen LogP contribution in [0.3, 0.4) is 0 Å². The third kappa shape index (κ3) is 4.08. The molecule has 0 amide bonds. The summed E-state index contributed by atoms with van der Waals surface area (Å²) in [5.74, 6) is 3.53. The number of hydrogen-bond donors (Lipinski definition) is 0. The van der Waals surface area contributed by atoms with Gasteiger partial charge in [-0.1, -0.05) is 16.9 Å². The first kappa shape index (κ1) is 18.4. The van der Waals surface area contributed by atoms with Crippen LogP contribution in [0.2, 0.25) is 0 Å². The molecule has 0 unspecified atom stereocenters. The lowest BCUT2D eigenvalue weighted by Gasteiger charge is -2.27. The van der Waals surface area contributed by atoms with Crippen molar-refractivity contribution in [3.63, 3.8) is 0 Å². The van der Waals surface area contributed by atoms with Crippen molar-refractivity contribution < 1.29 is 8.94 Å². The molecule has 4 aromatic heterocycles. The average Bonchev–Trinajstić information content (AvgIpc) is 3.55. The zero-order valence-corrected chi connectivity index (χ0v) is 17.4. The number of thioether (sulfide) groups is 1. The summed E-state index contributed by atoms with van der Waals surface area (Å²) < 4.78 is 13.1. The zero-order chi connectivity index (χ0) is 19.5. The van der Waals surface area contributed by atoms with Crippen molar-refractivity contribution >= 4 is 29.0 Å². The number of nitrogens with zero attached hydrogens (tertiary/aromatic N) is 6. The van der Waals surface area contributed by atoms with Gasteiger partial charge in [0.05, 0.1) is 24.1 Å². The monoisotopic (exact) mass is 428 g/mol. The Balaban J connectivity index is 1.35. The van der Waals surface area contributed by atoms with Gasteiger partial charge in [0.2, 0.25) is 5.95 Å². The summed E-state index contributed by atoms with van der Waals surface area (Å²) in [4.78, 5) is 6.80. The van der Waals surface area contributed by atoms with Crippen LogP contribution >= 0.6 is 23.1 Å². The van der Waals surface area contributed by atoms with Crippen LogP contribution in [0, 0.1) is 0 Å². The van der Waals surface area contributed by atoms with E-state index in [1.807, 2.05) is 29.0 Å². The molecule has 5 rings (SSSR count). The highest BCUT2D eigenvalue weighted by atomic mass is 32.2. The molecule has 1 aliphatic heterocycles. The van der Waals surface area contributed by atoms with Crippen LogP contribution in [0.25, 0.3) is 11.5 Å². The Labute approximate surface area is 175 Å². The maximum absolute atomic E-state index is 5.57. The summed E-state index contributed by atoms with van der Waals surface area (Å²) in [6.07, 6.45) is 5.34. The van der Waals surface area contributed by atoms with Crippen molar-refractivity contribution in [1.82, 2.24) is 24.9 Å². The number of furan rings is 1. The van der Waals surface area contributed by atoms with Gasteiger partial charge < -0.3 is 13.8 Å². The van der Waals surface area contributed by atoms with Crippen LogP contribution in [-0.2, 0) is 12.3 Å². The van der Waals surface area contributed by atoms with Crippen molar-refractivity contribution in [3.8, 4) is 11.5 Å². The lowest BCUT2D eigenvalue weighted by Crippen LogP contribution is -2.32. The van der Waals surface area contributed by atoms with E-state index >= 15 is 0 Å². The maximum atomic E-state index is 5.57. The van der Waals surface area contributed by atoms with E-state index in [-0.39, 0.29) is 0 Å². The standard InChI is InChI=1S/C19H20N6O2S2/c1-2-7-24(8-3-1)18-21-22-19(25(18)11-15-5-4-9-26-15)29-13-16-20-17(27-23-16)14-6-10-28-12-14/h4-6,9-10,12H,1-3,7-8,11,13H2. The minimum atomic E-state index is 0.549. The fourth-order valence-electron chi connectivity index (χ4n) is 3.36. The molecule has 0 aliphatic carbocycles. The highest BCUT2D eigenvalue weighted by molar-refractivity contribution is 7.98. The molecule has 0 radical (unpaired) electrons. The summed E-state index contributed by atoms with van der Waals surface area (Å²) in [5, 5.41) is 17.9. The van der Waals surface area contributed by atoms with Crippen LogP contribution < -0.4 is 4.90 Å². The van der Waals surface area contributed by atoms with E-state index in [9.17, 15) is 0 Å². The van der Waals surface area contributed by atoms with Crippen LogP contribution in [0.15, 0.2) is 49.3 Å². The second-order valence-electron chi connectivity index (χ2n) is 6.81. The van der Waals surface area contributed by atoms with E-state index in [1.165, 1.54) is 19.3 Å². The Kier molecular flexibility index (Phi) is 5.35. The molecule has 0 bridgehead atoms. The topological polar surface area (TPSA) is 86.0 Å². The Hall–Kier alpha value is -2.59. The van der Waals surface area contributed by atoms with Gasteiger partial charge in [-0.2, -0.15) is 16.3 Å². The molecular weight excluding hydrogens is 408 g/mol. The molecule has 8 nitrogen and oxygen atoms in total. The number of hydrogen-bond acceptors (Lipinski definition) is 9. The van der Waals surface area contributed by atoms with Crippen LogP contribution in [0.5, 0.6) is 0 Å². The molecule has 1 saturated heterocycles. The molecule has 0 aromatic carbocycles. The number of rotatable bonds is 7. The smallest absolute Gasteiger partial charge is 0.258 e. The van der Waals surface area contributed by atoms with Crippen LogP contribution in [0.1, 0.15) is 30.8 Å². The summed E-state index contributed by atoms with van der Waals surface area (Å²) >= 11 is 3.16. The van der Waals surface area contributed by atoms with E-state index in [0.29, 0.717) is 24.0 Å². The lowest BCUT2D eigenvalue weighted by atomic mass is 10.1. The molecule has 1 fully saturated rings. The Morgan fingerprint density at radius 1 is 1.14 bits per heavy atom. The minimum Gasteiger partial charge on any atom is -0.467 e. The first-order valence-electron chi connectivity index (χ1n) is 9.55. The first-order valence-corrected chi connectivity index (χ1v) is 11.5. The van der Waals surface area contributed by atoms with Gasteiger partial charge in [0.15, 0.2) is 11.0 Å². The number of piperidine rings is 1. The third-order valence-corrected chi connectivity index (χ3v) is 6.44. The van der Waals surface area contributed by atoms with Gasteiger partial charge in [0, 0.05) is 18.5 Å². The molecule has 0 N–H and O–H groups in total. The Morgan fingerprint density at radius 3 is 2.86 bits per heavy atom. The van der Waals surface area contributed by atoms with E-state index in [4.69, 9.17) is 8.94 Å². The van der Waals surface area contributed by atoms with Crippen molar-refractivity contribution in [2.45, 2.75) is 36.7 Å². The third-order valence-electron chi connectivity index (χ3n) is 4.80. The predicted octanol–water partition coefficient (Wildman–Crippen LogP) is 4.31. The minimum absolute atomic E-state index is 0.549. The molecule has 4 aromatic rings. The van der Waals surface area contributed by atoms with Crippen LogP contribution in [-0.4, -0.2) is 38.0 Å². The summed E-state index contributed by atoms with van der Waals surface area (Å²) in [5.41, 5.74) is 0.951. The number of anilines is 1. The highest BCUT2D eigenvalue weighted by Crippen LogP contribution is 2.28. The van der Waals surface area contributed by atoms with E-state index in [0.717, 1.165) is 35.5 Å². The van der Waals surface area contributed by atoms with Crippen molar-refractivity contribution in [2.24, 2.45) is 0 Å². The molecule has 0 saturated carbocycles. The Morgan fingerprint density at radius 2 is 2.07 bits per heavy atom. The summed E-state index contributed by atoms with van der Waals surface area (Å²) in [6, 6.07) is 5.85. The molecular formula is C19H20N6O2S2. The van der Waals surface area contributed by atoms with Crippen molar-refractivity contribution in [2.75, 3.05) is 18.0 Å². The van der Waals surface area contributed by atoms with Gasteiger partial charge in [0.25, 0.3) is 5.89 Å². The van der Waals surface area contributed by atoms with Crippen molar-refractivity contribution in [1.29, 1.82) is 0 Å². The van der Waals surface area contributed by atoms with Crippen molar-refractivity contribution in [3.05, 3.63) is 46.8 Å². The van der Waals surface area contributed by atoms with E-state index < -0.39 is 0 Å². The molecule has 0 atom stereocenters. The molecule has 5 heterocycles. The molecule has 10 heteroatoms. The summed E-state index contributed by atoms with van der Waals surface area (Å²) in [6.45, 7) is 2.62. The number of thiophene rings is 1. The normalized spacial score (nSPS) is 14.6. The second kappa shape index (κ2) is 8.42. The quantitative estimate of drug-likeness (QED) is 0.403. The highest BCUT2D eigenvalue weighted by Gasteiger charge is 2.22. The summed E-state index contributed by atoms with van der Waals surface area (Å²) in [7, 11) is 0. The Bertz CT molecular complexity index is 1040. The average molecular weight is 429 g/mol. The molecule has 150 valence electrons. The first-order chi connectivity index (χ1) is 14.4. The van der Waals surface area contributed by atoms with Crippen LogP contribution in [0.4, 0.5) is 5.95 Å². The van der Waals surface area contributed by atoms with Gasteiger partial charge in [-0.3, -0.25) is 4.57 Å². The van der Waals surface area contributed by atoms with Gasteiger partial charge in [-0.15, -0.1) is 10.2 Å². The zero-order valence-electron chi connectivity index (χ0n) is 15.7. The fourth-order valence-corrected chi connectivity index (χ4v) is 4.76. The molecule has 29 heavy (non-hydrogen) atoms.